The number of nitro groups is 1. The summed E-state index contributed by atoms with van der Waals surface area (Å²) in [6.07, 6.45) is 0. The Morgan fingerprint density at radius 1 is 1.26 bits per heavy atom. The SMILES string of the molecule is Cc1cc(OCc2ccccc2)cc(N)c1[N+](=O)[O-]. The summed E-state index contributed by atoms with van der Waals surface area (Å²) in [5.74, 6) is 0.532. The minimum Gasteiger partial charge on any atom is -0.489 e. The molecule has 2 aromatic rings. The Bertz CT molecular complexity index is 574. The van der Waals surface area contributed by atoms with Gasteiger partial charge in [0, 0.05) is 11.6 Å². The topological polar surface area (TPSA) is 78.4 Å². The number of hydrogen-bond donors (Lipinski definition) is 1. The van der Waals surface area contributed by atoms with Crippen LogP contribution in [0.3, 0.4) is 0 Å². The van der Waals surface area contributed by atoms with Gasteiger partial charge in [-0.1, -0.05) is 30.3 Å². The predicted octanol–water partition coefficient (Wildman–Crippen LogP) is 3.06. The number of nitrogens with two attached hydrogens (primary N) is 1. The zero-order valence-corrected chi connectivity index (χ0v) is 10.5. The van der Waals surface area contributed by atoms with Gasteiger partial charge in [0.1, 0.15) is 18.0 Å². The quantitative estimate of drug-likeness (QED) is 0.519. The van der Waals surface area contributed by atoms with E-state index < -0.39 is 4.92 Å². The van der Waals surface area contributed by atoms with Crippen LogP contribution in [0.2, 0.25) is 0 Å². The van der Waals surface area contributed by atoms with Crippen LogP contribution >= 0.6 is 0 Å². The highest BCUT2D eigenvalue weighted by molar-refractivity contribution is 5.65. The Morgan fingerprint density at radius 2 is 1.95 bits per heavy atom. The van der Waals surface area contributed by atoms with E-state index in [0.717, 1.165) is 5.56 Å². The zero-order chi connectivity index (χ0) is 13.8. The highest BCUT2D eigenvalue weighted by Crippen LogP contribution is 2.30. The molecule has 19 heavy (non-hydrogen) atoms. The molecule has 5 heteroatoms. The van der Waals surface area contributed by atoms with E-state index in [9.17, 15) is 10.1 Å². The summed E-state index contributed by atoms with van der Waals surface area (Å²) in [5, 5.41) is 10.8. The van der Waals surface area contributed by atoms with Crippen LogP contribution in [0, 0.1) is 17.0 Å². The second kappa shape index (κ2) is 5.39. The Labute approximate surface area is 110 Å². The Morgan fingerprint density at radius 3 is 2.53 bits per heavy atom. The minimum atomic E-state index is -0.481. The maximum absolute atomic E-state index is 10.8. The Kier molecular flexibility index (Phi) is 3.66. The number of rotatable bonds is 4. The van der Waals surface area contributed by atoms with Gasteiger partial charge >= 0.3 is 0 Å². The first kappa shape index (κ1) is 12.9. The standard InChI is InChI=1S/C14H14N2O3/c1-10-7-12(8-13(15)14(10)16(17)18)19-9-11-5-3-2-4-6-11/h2-8H,9,15H2,1H3. The number of ether oxygens (including phenoxy) is 1. The summed E-state index contributed by atoms with van der Waals surface area (Å²) >= 11 is 0. The van der Waals surface area contributed by atoms with Gasteiger partial charge in [-0.2, -0.15) is 0 Å². The molecular formula is C14H14N2O3. The molecule has 98 valence electrons. The van der Waals surface area contributed by atoms with E-state index in [1.165, 1.54) is 6.07 Å². The number of aryl methyl sites for hydroxylation is 1. The molecule has 0 heterocycles. The van der Waals surface area contributed by atoms with Crippen LogP contribution in [-0.4, -0.2) is 4.92 Å². The van der Waals surface area contributed by atoms with Crippen molar-refractivity contribution >= 4 is 11.4 Å². The van der Waals surface area contributed by atoms with Crippen molar-refractivity contribution in [2.45, 2.75) is 13.5 Å². The van der Waals surface area contributed by atoms with Gasteiger partial charge in [0.05, 0.1) is 4.92 Å². The predicted molar refractivity (Wildman–Crippen MR) is 73.0 cm³/mol. The number of nitro benzene ring substituents is 1. The van der Waals surface area contributed by atoms with E-state index in [0.29, 0.717) is 17.9 Å². The highest BCUT2D eigenvalue weighted by Gasteiger charge is 2.16. The molecule has 2 rings (SSSR count). The average molecular weight is 258 g/mol. The lowest BCUT2D eigenvalue weighted by Gasteiger charge is -2.09. The molecule has 0 aliphatic carbocycles. The highest BCUT2D eigenvalue weighted by atomic mass is 16.6. The molecule has 0 aliphatic heterocycles. The lowest BCUT2D eigenvalue weighted by Crippen LogP contribution is -2.01. The van der Waals surface area contributed by atoms with E-state index >= 15 is 0 Å². The normalized spacial score (nSPS) is 10.2. The molecule has 0 atom stereocenters. The molecule has 0 radical (unpaired) electrons. The van der Waals surface area contributed by atoms with E-state index in [2.05, 4.69) is 0 Å². The first-order valence-electron chi connectivity index (χ1n) is 5.79. The molecule has 0 spiro atoms. The van der Waals surface area contributed by atoms with Gasteiger partial charge in [-0.15, -0.1) is 0 Å². The molecule has 2 aromatic carbocycles. The maximum Gasteiger partial charge on any atom is 0.295 e. The van der Waals surface area contributed by atoms with Crippen LogP contribution in [0.25, 0.3) is 0 Å². The van der Waals surface area contributed by atoms with Crippen LogP contribution in [0.5, 0.6) is 5.75 Å². The third-order valence-corrected chi connectivity index (χ3v) is 2.73. The fourth-order valence-corrected chi connectivity index (χ4v) is 1.85. The van der Waals surface area contributed by atoms with Gasteiger partial charge in [-0.05, 0) is 18.6 Å². The second-order valence-electron chi connectivity index (χ2n) is 4.21. The molecule has 0 saturated carbocycles. The van der Waals surface area contributed by atoms with Crippen molar-refractivity contribution in [3.63, 3.8) is 0 Å². The molecular weight excluding hydrogens is 244 g/mol. The minimum absolute atomic E-state index is 0.0629. The molecule has 0 fully saturated rings. The van der Waals surface area contributed by atoms with Crippen molar-refractivity contribution in [2.75, 3.05) is 5.73 Å². The summed E-state index contributed by atoms with van der Waals surface area (Å²) in [5.41, 5.74) is 7.24. The smallest absolute Gasteiger partial charge is 0.295 e. The van der Waals surface area contributed by atoms with E-state index in [1.807, 2.05) is 30.3 Å². The van der Waals surface area contributed by atoms with Crippen LogP contribution in [0.4, 0.5) is 11.4 Å². The Balaban J connectivity index is 2.16. The first-order chi connectivity index (χ1) is 9.08. The van der Waals surface area contributed by atoms with Crippen molar-refractivity contribution < 1.29 is 9.66 Å². The average Bonchev–Trinajstić information content (AvgIpc) is 2.36. The summed E-state index contributed by atoms with van der Waals surface area (Å²) in [4.78, 5) is 10.3. The molecule has 0 aliphatic rings. The maximum atomic E-state index is 10.8. The number of benzene rings is 2. The molecule has 0 aromatic heterocycles. The number of hydrogen-bond acceptors (Lipinski definition) is 4. The monoisotopic (exact) mass is 258 g/mol. The lowest BCUT2D eigenvalue weighted by atomic mass is 10.1. The Hall–Kier alpha value is -2.56. The van der Waals surface area contributed by atoms with Gasteiger partial charge in [0.15, 0.2) is 0 Å². The van der Waals surface area contributed by atoms with Gasteiger partial charge in [-0.3, -0.25) is 10.1 Å². The van der Waals surface area contributed by atoms with Gasteiger partial charge < -0.3 is 10.5 Å². The molecule has 2 N–H and O–H groups in total. The van der Waals surface area contributed by atoms with E-state index in [-0.39, 0.29) is 11.4 Å². The number of anilines is 1. The lowest BCUT2D eigenvalue weighted by molar-refractivity contribution is -0.384. The molecule has 5 nitrogen and oxygen atoms in total. The third-order valence-electron chi connectivity index (χ3n) is 2.73. The fraction of sp³-hybridized carbons (Fsp3) is 0.143. The summed E-state index contributed by atoms with van der Waals surface area (Å²) < 4.78 is 5.59. The molecule has 0 unspecified atom stereocenters. The summed E-state index contributed by atoms with van der Waals surface area (Å²) in [7, 11) is 0. The molecule has 0 bridgehead atoms. The number of nitrogen functional groups attached to an aromatic ring is 1. The third kappa shape index (κ3) is 3.01. The summed E-state index contributed by atoms with van der Waals surface area (Å²) in [6, 6.07) is 12.8. The van der Waals surface area contributed by atoms with Crippen molar-refractivity contribution in [3.05, 3.63) is 63.7 Å². The van der Waals surface area contributed by atoms with Crippen LogP contribution in [-0.2, 0) is 6.61 Å². The first-order valence-corrected chi connectivity index (χ1v) is 5.79. The molecule has 0 amide bonds. The fourth-order valence-electron chi connectivity index (χ4n) is 1.85. The van der Waals surface area contributed by atoms with Crippen molar-refractivity contribution in [2.24, 2.45) is 0 Å². The van der Waals surface area contributed by atoms with Crippen molar-refractivity contribution in [3.8, 4) is 5.75 Å². The van der Waals surface area contributed by atoms with Crippen LogP contribution < -0.4 is 10.5 Å². The van der Waals surface area contributed by atoms with Gasteiger partial charge in [-0.25, -0.2) is 0 Å². The van der Waals surface area contributed by atoms with Crippen LogP contribution in [0.15, 0.2) is 42.5 Å². The number of nitrogens with zero attached hydrogens (tertiary/aromatic N) is 1. The molecule has 0 saturated heterocycles. The zero-order valence-electron chi connectivity index (χ0n) is 10.5. The largest absolute Gasteiger partial charge is 0.489 e. The van der Waals surface area contributed by atoms with E-state index in [1.54, 1.807) is 13.0 Å². The van der Waals surface area contributed by atoms with Gasteiger partial charge in [0.25, 0.3) is 5.69 Å². The summed E-state index contributed by atoms with van der Waals surface area (Å²) in [6.45, 7) is 2.04. The van der Waals surface area contributed by atoms with Crippen molar-refractivity contribution in [1.29, 1.82) is 0 Å². The van der Waals surface area contributed by atoms with E-state index in [4.69, 9.17) is 10.5 Å². The van der Waals surface area contributed by atoms with Crippen molar-refractivity contribution in [1.82, 2.24) is 0 Å². The van der Waals surface area contributed by atoms with Gasteiger partial charge in [0.2, 0.25) is 0 Å². The second-order valence-corrected chi connectivity index (χ2v) is 4.21. The van der Waals surface area contributed by atoms with Crippen LogP contribution in [0.1, 0.15) is 11.1 Å².